The van der Waals surface area contributed by atoms with E-state index < -0.39 is 5.54 Å². The van der Waals surface area contributed by atoms with Crippen LogP contribution in [0.5, 0.6) is 0 Å². The number of nitrogen functional groups attached to an aromatic ring is 1. The number of hydrogen-bond acceptors (Lipinski definition) is 6. The summed E-state index contributed by atoms with van der Waals surface area (Å²) in [6.45, 7) is 10.1. The number of carbonyl (C=O) groups is 2. The van der Waals surface area contributed by atoms with Gasteiger partial charge in [-0.2, -0.15) is 10.2 Å². The molecule has 1 saturated heterocycles. The second-order valence-corrected chi connectivity index (χ2v) is 9.89. The Hall–Kier alpha value is -4.21. The minimum atomic E-state index is -0.923. The second kappa shape index (κ2) is 8.47. The maximum Gasteiger partial charge on any atom is 0.252 e. The molecule has 4 heterocycles. The van der Waals surface area contributed by atoms with Gasteiger partial charge in [0.1, 0.15) is 17.4 Å². The van der Waals surface area contributed by atoms with Gasteiger partial charge >= 0.3 is 0 Å². The van der Waals surface area contributed by atoms with Crippen LogP contribution in [0.3, 0.4) is 0 Å². The Bertz CT molecular complexity index is 1480. The molecule has 36 heavy (non-hydrogen) atoms. The molecule has 5 rings (SSSR count). The zero-order valence-corrected chi connectivity index (χ0v) is 21.1. The molecular weight excluding hydrogens is 456 g/mol. The highest BCUT2D eigenvalue weighted by Crippen LogP contribution is 2.36. The predicted molar refractivity (Wildman–Crippen MR) is 138 cm³/mol. The third kappa shape index (κ3) is 3.69. The molecule has 3 aromatic heterocycles. The normalized spacial score (nSPS) is 15.8. The van der Waals surface area contributed by atoms with E-state index in [1.807, 2.05) is 47.4 Å². The maximum absolute atomic E-state index is 13.4. The molecule has 0 saturated carbocycles. The Morgan fingerprint density at radius 3 is 2.58 bits per heavy atom. The van der Waals surface area contributed by atoms with Gasteiger partial charge in [0.2, 0.25) is 5.91 Å². The van der Waals surface area contributed by atoms with E-state index in [-0.39, 0.29) is 17.9 Å². The van der Waals surface area contributed by atoms with Gasteiger partial charge in [-0.05, 0) is 45.9 Å². The summed E-state index contributed by atoms with van der Waals surface area (Å²) in [5, 5.41) is 8.97. The molecule has 1 aliphatic heterocycles. The molecule has 10 nitrogen and oxygen atoms in total. The van der Waals surface area contributed by atoms with E-state index in [1.54, 1.807) is 28.2 Å². The fourth-order valence-electron chi connectivity index (χ4n) is 4.91. The summed E-state index contributed by atoms with van der Waals surface area (Å²) in [6.07, 6.45) is 5.24. The molecule has 0 aliphatic carbocycles. The first-order valence-corrected chi connectivity index (χ1v) is 12.0. The number of anilines is 2. The Kier molecular flexibility index (Phi) is 5.54. The molecule has 1 aromatic carbocycles. The van der Waals surface area contributed by atoms with Crippen molar-refractivity contribution >= 4 is 28.8 Å². The predicted octanol–water partition coefficient (Wildman–Crippen LogP) is 3.40. The number of nitrogens with zero attached hydrogens (tertiary/aromatic N) is 7. The molecule has 186 valence electrons. The number of piperazine rings is 1. The van der Waals surface area contributed by atoms with Gasteiger partial charge in [0, 0.05) is 54.6 Å². The molecular formula is C26H30N8O2. The molecule has 0 unspecified atom stereocenters. The molecule has 2 N–H and O–H groups in total. The van der Waals surface area contributed by atoms with Crippen LogP contribution in [0.15, 0.2) is 49.1 Å². The summed E-state index contributed by atoms with van der Waals surface area (Å²) in [6, 6.07) is 10.0. The van der Waals surface area contributed by atoms with E-state index in [9.17, 15) is 9.59 Å². The number of nitrogens with two attached hydrogens (primary N) is 1. The van der Waals surface area contributed by atoms with Gasteiger partial charge < -0.3 is 15.5 Å². The minimum Gasteiger partial charge on any atom is -0.382 e. The Balaban J connectivity index is 1.59. The molecule has 1 fully saturated rings. The van der Waals surface area contributed by atoms with Crippen LogP contribution in [0.2, 0.25) is 0 Å². The van der Waals surface area contributed by atoms with Gasteiger partial charge in [-0.1, -0.05) is 12.1 Å². The van der Waals surface area contributed by atoms with Crippen molar-refractivity contribution in [2.24, 2.45) is 0 Å². The summed E-state index contributed by atoms with van der Waals surface area (Å²) in [5.41, 5.74) is 10.3. The largest absolute Gasteiger partial charge is 0.382 e. The third-order valence-electron chi connectivity index (χ3n) is 6.85. The lowest BCUT2D eigenvalue weighted by molar-refractivity contribution is -0.145. The van der Waals surface area contributed by atoms with Crippen molar-refractivity contribution in [1.29, 1.82) is 0 Å². The molecule has 4 aromatic rings. The summed E-state index contributed by atoms with van der Waals surface area (Å²) in [4.78, 5) is 33.1. The summed E-state index contributed by atoms with van der Waals surface area (Å²) in [5.74, 6) is 0.151. The number of fused-ring (bicyclic) bond motifs is 1. The summed E-state index contributed by atoms with van der Waals surface area (Å²) < 4.78 is 3.68. The zero-order valence-electron chi connectivity index (χ0n) is 21.1. The SMILES string of the molecule is CC(=O)N1CCN(c2cccc(-c3cc(-c4cnn(C(C)C)c4)c4c(N)ncnn34)c2)C(=O)C1(C)C. The molecule has 0 bridgehead atoms. The van der Waals surface area contributed by atoms with E-state index in [0.29, 0.717) is 24.4 Å². The van der Waals surface area contributed by atoms with Gasteiger partial charge in [0.25, 0.3) is 5.91 Å². The number of aromatic nitrogens is 5. The van der Waals surface area contributed by atoms with Crippen molar-refractivity contribution in [2.45, 2.75) is 46.2 Å². The van der Waals surface area contributed by atoms with Crippen molar-refractivity contribution in [1.82, 2.24) is 29.3 Å². The number of hydrogen-bond donors (Lipinski definition) is 1. The van der Waals surface area contributed by atoms with E-state index in [2.05, 4.69) is 29.0 Å². The average molecular weight is 487 g/mol. The van der Waals surface area contributed by atoms with Crippen LogP contribution < -0.4 is 10.6 Å². The van der Waals surface area contributed by atoms with Gasteiger partial charge in [-0.25, -0.2) is 9.50 Å². The quantitative estimate of drug-likeness (QED) is 0.473. The average Bonchev–Trinajstić information content (AvgIpc) is 3.47. The van der Waals surface area contributed by atoms with Crippen LogP contribution in [-0.4, -0.2) is 59.7 Å². The molecule has 10 heteroatoms. The number of amides is 2. The molecule has 0 spiro atoms. The van der Waals surface area contributed by atoms with Crippen LogP contribution in [0.1, 0.15) is 40.7 Å². The smallest absolute Gasteiger partial charge is 0.252 e. The molecule has 0 radical (unpaired) electrons. The Morgan fingerprint density at radius 2 is 1.89 bits per heavy atom. The lowest BCUT2D eigenvalue weighted by Crippen LogP contribution is -2.64. The monoisotopic (exact) mass is 486 g/mol. The van der Waals surface area contributed by atoms with Crippen LogP contribution in [-0.2, 0) is 9.59 Å². The topological polar surface area (TPSA) is 115 Å². The standard InChI is InChI=1S/C26H30N8O2/c1-16(2)33-14-19(13-29-33)21-12-22(34-23(21)24(27)28-15-30-34)18-7-6-8-20(11-18)31-9-10-32(17(3)35)26(4,5)25(31)36/h6-8,11-16H,9-10H2,1-5H3,(H2,27,28,30). The number of rotatable bonds is 4. The first kappa shape index (κ1) is 23.5. The zero-order chi connectivity index (χ0) is 25.8. The van der Waals surface area contributed by atoms with Crippen LogP contribution in [0, 0.1) is 0 Å². The lowest BCUT2D eigenvalue weighted by atomic mass is 9.96. The highest BCUT2D eigenvalue weighted by Gasteiger charge is 2.43. The summed E-state index contributed by atoms with van der Waals surface area (Å²) in [7, 11) is 0. The van der Waals surface area contributed by atoms with Crippen molar-refractivity contribution in [3.8, 4) is 22.4 Å². The van der Waals surface area contributed by atoms with Gasteiger partial charge in [0.15, 0.2) is 5.82 Å². The first-order valence-electron chi connectivity index (χ1n) is 12.0. The van der Waals surface area contributed by atoms with Crippen LogP contribution >= 0.6 is 0 Å². The van der Waals surface area contributed by atoms with Crippen LogP contribution in [0.4, 0.5) is 11.5 Å². The Morgan fingerprint density at radius 1 is 1.11 bits per heavy atom. The van der Waals surface area contributed by atoms with E-state index in [4.69, 9.17) is 5.73 Å². The molecule has 2 amide bonds. The minimum absolute atomic E-state index is 0.105. The molecule has 0 atom stereocenters. The lowest BCUT2D eigenvalue weighted by Gasteiger charge is -2.45. The van der Waals surface area contributed by atoms with Gasteiger partial charge in [-0.3, -0.25) is 14.3 Å². The summed E-state index contributed by atoms with van der Waals surface area (Å²) >= 11 is 0. The van der Waals surface area contributed by atoms with Crippen LogP contribution in [0.25, 0.3) is 27.9 Å². The fraction of sp³-hybridized carbons (Fsp3) is 0.346. The first-order chi connectivity index (χ1) is 17.1. The van der Waals surface area contributed by atoms with Gasteiger partial charge in [-0.15, -0.1) is 0 Å². The fourth-order valence-corrected chi connectivity index (χ4v) is 4.91. The van der Waals surface area contributed by atoms with Gasteiger partial charge in [0.05, 0.1) is 11.9 Å². The van der Waals surface area contributed by atoms with E-state index in [1.165, 1.54) is 13.3 Å². The van der Waals surface area contributed by atoms with E-state index >= 15 is 0 Å². The number of benzene rings is 1. The highest BCUT2D eigenvalue weighted by molar-refractivity contribution is 6.03. The third-order valence-corrected chi connectivity index (χ3v) is 6.85. The van der Waals surface area contributed by atoms with E-state index in [0.717, 1.165) is 28.1 Å². The molecule has 1 aliphatic rings. The number of carbonyl (C=O) groups excluding carboxylic acids is 2. The Labute approximate surface area is 209 Å². The highest BCUT2D eigenvalue weighted by atomic mass is 16.2. The van der Waals surface area contributed by atoms with Crippen molar-refractivity contribution in [3.05, 3.63) is 49.1 Å². The maximum atomic E-state index is 13.4. The van der Waals surface area contributed by atoms with Crippen molar-refractivity contribution in [2.75, 3.05) is 23.7 Å². The second-order valence-electron chi connectivity index (χ2n) is 9.89. The van der Waals surface area contributed by atoms with Crippen molar-refractivity contribution in [3.63, 3.8) is 0 Å². The van der Waals surface area contributed by atoms with Crippen molar-refractivity contribution < 1.29 is 9.59 Å².